The first-order valence-electron chi connectivity index (χ1n) is 9.93. The average molecular weight is 514 g/mol. The van der Waals surface area contributed by atoms with Crippen LogP contribution in [-0.4, -0.2) is 26.4 Å². The predicted molar refractivity (Wildman–Crippen MR) is 131 cm³/mol. The molecular formula is C22H23Cl3N4O2S. The second-order valence-electron chi connectivity index (χ2n) is 7.20. The molecule has 0 fully saturated rings. The second kappa shape index (κ2) is 10.8. The molecule has 1 aromatic heterocycles. The summed E-state index contributed by atoms with van der Waals surface area (Å²) in [6.07, 6.45) is -0.304. The highest BCUT2D eigenvalue weighted by molar-refractivity contribution is 7.99. The van der Waals surface area contributed by atoms with Gasteiger partial charge in [0.05, 0.1) is 26.5 Å². The van der Waals surface area contributed by atoms with Crippen molar-refractivity contribution in [3.8, 4) is 5.75 Å². The smallest absolute Gasteiger partial charge is 0.234 e. The van der Waals surface area contributed by atoms with Crippen LogP contribution in [0.5, 0.6) is 5.75 Å². The third-order valence-electron chi connectivity index (χ3n) is 4.68. The van der Waals surface area contributed by atoms with E-state index in [0.717, 1.165) is 11.3 Å². The van der Waals surface area contributed by atoms with E-state index in [2.05, 4.69) is 21.6 Å². The number of benzene rings is 2. The van der Waals surface area contributed by atoms with Crippen LogP contribution in [0.15, 0.2) is 35.5 Å². The van der Waals surface area contributed by atoms with Crippen molar-refractivity contribution < 1.29 is 9.53 Å². The Labute approximate surface area is 206 Å². The molecule has 0 aliphatic carbocycles. The summed E-state index contributed by atoms with van der Waals surface area (Å²) in [7, 11) is 0. The van der Waals surface area contributed by atoms with Crippen molar-refractivity contribution in [3.05, 3.63) is 62.4 Å². The lowest BCUT2D eigenvalue weighted by atomic mass is 10.1. The van der Waals surface area contributed by atoms with E-state index in [1.54, 1.807) is 0 Å². The SMILES string of the molecule is CCn1c(SCC(=O)Nc2cc(Cl)c(Cl)cc2Cl)nnc1C(C)Oc1ccc(C)cc1C. The highest BCUT2D eigenvalue weighted by Gasteiger charge is 2.20. The van der Waals surface area contributed by atoms with Crippen molar-refractivity contribution in [3.63, 3.8) is 0 Å². The molecule has 1 amide bonds. The first kappa shape index (κ1) is 24.7. The number of rotatable bonds is 8. The van der Waals surface area contributed by atoms with E-state index in [1.807, 2.05) is 44.4 Å². The minimum Gasteiger partial charge on any atom is -0.482 e. The summed E-state index contributed by atoms with van der Waals surface area (Å²) in [5, 5.41) is 12.9. The Morgan fingerprint density at radius 2 is 1.84 bits per heavy atom. The number of thioether (sulfide) groups is 1. The van der Waals surface area contributed by atoms with Crippen molar-refractivity contribution in [1.29, 1.82) is 0 Å². The van der Waals surface area contributed by atoms with E-state index in [1.165, 1.54) is 29.5 Å². The molecule has 3 aromatic rings. The molecule has 1 atom stereocenters. The number of hydrogen-bond donors (Lipinski definition) is 1. The van der Waals surface area contributed by atoms with E-state index in [0.29, 0.717) is 38.3 Å². The zero-order valence-electron chi connectivity index (χ0n) is 18.1. The number of hydrogen-bond acceptors (Lipinski definition) is 5. The third kappa shape index (κ3) is 5.90. The fraction of sp³-hybridized carbons (Fsp3) is 0.318. The summed E-state index contributed by atoms with van der Waals surface area (Å²) >= 11 is 19.4. The van der Waals surface area contributed by atoms with Crippen molar-refractivity contribution >= 4 is 58.2 Å². The number of aromatic nitrogens is 3. The van der Waals surface area contributed by atoms with Gasteiger partial charge in [-0.3, -0.25) is 4.79 Å². The molecule has 1 heterocycles. The molecule has 0 aliphatic heterocycles. The summed E-state index contributed by atoms with van der Waals surface area (Å²) < 4.78 is 8.07. The number of ether oxygens (including phenoxy) is 1. The number of nitrogens with one attached hydrogen (secondary N) is 1. The highest BCUT2D eigenvalue weighted by atomic mass is 35.5. The molecule has 170 valence electrons. The minimum atomic E-state index is -0.304. The summed E-state index contributed by atoms with van der Waals surface area (Å²) in [6, 6.07) is 9.06. The number of halogens is 3. The van der Waals surface area contributed by atoms with Crippen LogP contribution >= 0.6 is 46.6 Å². The Morgan fingerprint density at radius 1 is 1.12 bits per heavy atom. The fourth-order valence-electron chi connectivity index (χ4n) is 3.11. The van der Waals surface area contributed by atoms with Crippen LogP contribution < -0.4 is 10.1 Å². The van der Waals surface area contributed by atoms with Crippen LogP contribution in [0.3, 0.4) is 0 Å². The molecule has 32 heavy (non-hydrogen) atoms. The lowest BCUT2D eigenvalue weighted by molar-refractivity contribution is -0.113. The van der Waals surface area contributed by atoms with Gasteiger partial charge >= 0.3 is 0 Å². The number of carbonyl (C=O) groups is 1. The molecule has 6 nitrogen and oxygen atoms in total. The van der Waals surface area contributed by atoms with E-state index in [4.69, 9.17) is 39.5 Å². The highest BCUT2D eigenvalue weighted by Crippen LogP contribution is 2.32. The molecule has 1 unspecified atom stereocenters. The molecular weight excluding hydrogens is 491 g/mol. The second-order valence-corrected chi connectivity index (χ2v) is 9.36. The molecule has 0 spiro atoms. The van der Waals surface area contributed by atoms with Crippen LogP contribution in [0.1, 0.15) is 36.9 Å². The number of carbonyl (C=O) groups excluding carboxylic acids is 1. The number of nitrogens with zero attached hydrogens (tertiary/aromatic N) is 3. The van der Waals surface area contributed by atoms with Crippen molar-refractivity contribution in [2.24, 2.45) is 0 Å². The predicted octanol–water partition coefficient (Wildman–Crippen LogP) is 6.75. The summed E-state index contributed by atoms with van der Waals surface area (Å²) in [4.78, 5) is 12.4. The molecule has 0 radical (unpaired) electrons. The van der Waals surface area contributed by atoms with E-state index in [-0.39, 0.29) is 17.8 Å². The maximum atomic E-state index is 12.4. The van der Waals surface area contributed by atoms with Gasteiger partial charge in [-0.25, -0.2) is 0 Å². The first-order chi connectivity index (χ1) is 15.2. The van der Waals surface area contributed by atoms with E-state index >= 15 is 0 Å². The van der Waals surface area contributed by atoms with Gasteiger partial charge in [0.2, 0.25) is 5.91 Å². The molecule has 0 saturated carbocycles. The van der Waals surface area contributed by atoms with Gasteiger partial charge in [0.1, 0.15) is 5.75 Å². The van der Waals surface area contributed by atoms with Crippen LogP contribution in [0.4, 0.5) is 5.69 Å². The van der Waals surface area contributed by atoms with Gasteiger partial charge in [-0.2, -0.15) is 0 Å². The maximum Gasteiger partial charge on any atom is 0.234 e. The summed E-state index contributed by atoms with van der Waals surface area (Å²) in [5.41, 5.74) is 2.64. The monoisotopic (exact) mass is 512 g/mol. The number of anilines is 1. The van der Waals surface area contributed by atoms with Crippen molar-refractivity contribution in [2.45, 2.75) is 45.5 Å². The average Bonchev–Trinajstić information content (AvgIpc) is 3.15. The molecule has 10 heteroatoms. The Morgan fingerprint density at radius 3 is 2.53 bits per heavy atom. The topological polar surface area (TPSA) is 69.0 Å². The van der Waals surface area contributed by atoms with Gasteiger partial charge in [-0.1, -0.05) is 64.3 Å². The molecule has 0 aliphatic rings. The summed E-state index contributed by atoms with van der Waals surface area (Å²) in [5.74, 6) is 1.38. The van der Waals surface area contributed by atoms with Gasteiger partial charge in [-0.05, 0) is 51.5 Å². The fourth-order valence-corrected chi connectivity index (χ4v) is 4.52. The van der Waals surface area contributed by atoms with Gasteiger partial charge in [-0.15, -0.1) is 10.2 Å². The zero-order valence-corrected chi connectivity index (χ0v) is 21.2. The Kier molecular flexibility index (Phi) is 8.33. The van der Waals surface area contributed by atoms with Gasteiger partial charge < -0.3 is 14.6 Å². The Bertz CT molecular complexity index is 1140. The number of aryl methyl sites for hydroxylation is 2. The molecule has 0 bridgehead atoms. The van der Waals surface area contributed by atoms with Crippen LogP contribution in [-0.2, 0) is 11.3 Å². The quantitative estimate of drug-likeness (QED) is 0.267. The van der Waals surface area contributed by atoms with Crippen LogP contribution in [0, 0.1) is 13.8 Å². The lowest BCUT2D eigenvalue weighted by Crippen LogP contribution is -2.16. The Balaban J connectivity index is 1.67. The van der Waals surface area contributed by atoms with Crippen LogP contribution in [0.25, 0.3) is 0 Å². The van der Waals surface area contributed by atoms with Gasteiger partial charge in [0, 0.05) is 6.54 Å². The summed E-state index contributed by atoms with van der Waals surface area (Å²) in [6.45, 7) is 8.63. The third-order valence-corrected chi connectivity index (χ3v) is 6.68. The largest absolute Gasteiger partial charge is 0.482 e. The van der Waals surface area contributed by atoms with Gasteiger partial charge in [0.15, 0.2) is 17.1 Å². The first-order valence-corrected chi connectivity index (χ1v) is 12.1. The molecule has 0 saturated heterocycles. The van der Waals surface area contributed by atoms with E-state index < -0.39 is 0 Å². The van der Waals surface area contributed by atoms with Crippen molar-refractivity contribution in [1.82, 2.24) is 14.8 Å². The Hall–Kier alpha value is -1.93. The van der Waals surface area contributed by atoms with Crippen molar-refractivity contribution in [2.75, 3.05) is 11.1 Å². The molecule has 2 aromatic carbocycles. The number of amides is 1. The molecule has 1 N–H and O–H groups in total. The van der Waals surface area contributed by atoms with Crippen LogP contribution in [0.2, 0.25) is 15.1 Å². The van der Waals surface area contributed by atoms with Gasteiger partial charge in [0.25, 0.3) is 0 Å². The zero-order chi connectivity index (χ0) is 23.4. The standard InChI is InChI=1S/C22H23Cl3N4O2S/c1-5-29-21(14(4)31-19-7-6-12(2)8-13(19)3)27-28-22(29)32-11-20(30)26-18-10-16(24)15(23)9-17(18)25/h6-10,14H,5,11H2,1-4H3,(H,26,30). The normalized spacial score (nSPS) is 12.0. The maximum absolute atomic E-state index is 12.4. The van der Waals surface area contributed by atoms with E-state index in [9.17, 15) is 4.79 Å². The minimum absolute atomic E-state index is 0.126. The molecule has 3 rings (SSSR count). The lowest BCUT2D eigenvalue weighted by Gasteiger charge is -2.17.